The second kappa shape index (κ2) is 7.47. The van der Waals surface area contributed by atoms with Crippen LogP contribution in [0.15, 0.2) is 32.6 Å². The molecular weight excluding hydrogens is 320 g/mol. The van der Waals surface area contributed by atoms with Gasteiger partial charge in [-0.05, 0) is 34.8 Å². The van der Waals surface area contributed by atoms with E-state index in [0.717, 1.165) is 4.47 Å². The number of hydrogen-bond donors (Lipinski definition) is 2. The smallest absolute Gasteiger partial charge is 0.250 e. The average molecular weight is 341 g/mol. The summed E-state index contributed by atoms with van der Waals surface area (Å²) in [4.78, 5) is 15.9. The van der Waals surface area contributed by atoms with Crippen LogP contribution in [0.2, 0.25) is 0 Å². The van der Waals surface area contributed by atoms with Crippen LogP contribution in [-0.2, 0) is 6.54 Å². The first-order valence-electron chi connectivity index (χ1n) is 7.07. The molecule has 6 heteroatoms. The number of hydrogen-bond acceptors (Lipinski definition) is 2. The molecule has 0 unspecified atom stereocenters. The monoisotopic (exact) mass is 340 g/mol. The zero-order valence-corrected chi connectivity index (χ0v) is 13.1. The number of pyridine rings is 1. The summed E-state index contributed by atoms with van der Waals surface area (Å²) in [6, 6.07) is 3.74. The molecule has 0 aromatic carbocycles. The van der Waals surface area contributed by atoms with Crippen molar-refractivity contribution in [2.24, 2.45) is 10.7 Å². The van der Waals surface area contributed by atoms with E-state index in [-0.39, 0.29) is 5.56 Å². The number of aromatic nitrogens is 1. The number of aliphatic imine (C=N–C) groups is 1. The Labute approximate surface area is 127 Å². The lowest BCUT2D eigenvalue weighted by Crippen LogP contribution is -2.41. The van der Waals surface area contributed by atoms with E-state index < -0.39 is 0 Å². The molecule has 1 fully saturated rings. The van der Waals surface area contributed by atoms with Gasteiger partial charge in [0.2, 0.25) is 0 Å². The van der Waals surface area contributed by atoms with Gasteiger partial charge in [-0.25, -0.2) is 0 Å². The van der Waals surface area contributed by atoms with Crippen LogP contribution in [0.25, 0.3) is 0 Å². The van der Waals surface area contributed by atoms with Gasteiger partial charge in [-0.1, -0.05) is 19.3 Å². The van der Waals surface area contributed by atoms with Gasteiger partial charge < -0.3 is 15.6 Å². The Morgan fingerprint density at radius 2 is 2.15 bits per heavy atom. The van der Waals surface area contributed by atoms with Crippen LogP contribution >= 0.6 is 15.9 Å². The van der Waals surface area contributed by atoms with Crippen molar-refractivity contribution < 1.29 is 0 Å². The Kier molecular flexibility index (Phi) is 5.64. The van der Waals surface area contributed by atoms with Crippen LogP contribution in [0.5, 0.6) is 0 Å². The summed E-state index contributed by atoms with van der Waals surface area (Å²) < 4.78 is 2.51. The van der Waals surface area contributed by atoms with Gasteiger partial charge in [0.05, 0.1) is 6.54 Å². The highest BCUT2D eigenvalue weighted by molar-refractivity contribution is 9.10. The summed E-state index contributed by atoms with van der Waals surface area (Å²) >= 11 is 3.35. The van der Waals surface area contributed by atoms with Gasteiger partial charge in [-0.3, -0.25) is 9.79 Å². The van der Waals surface area contributed by atoms with Crippen LogP contribution in [0, 0.1) is 0 Å². The minimum Gasteiger partial charge on any atom is -0.370 e. The first-order valence-corrected chi connectivity index (χ1v) is 7.87. The van der Waals surface area contributed by atoms with Crippen molar-refractivity contribution in [2.75, 3.05) is 6.54 Å². The van der Waals surface area contributed by atoms with E-state index in [1.165, 1.54) is 38.2 Å². The van der Waals surface area contributed by atoms with Gasteiger partial charge in [0.1, 0.15) is 0 Å². The Morgan fingerprint density at radius 3 is 2.90 bits per heavy atom. The zero-order chi connectivity index (χ0) is 14.4. The van der Waals surface area contributed by atoms with E-state index >= 15 is 0 Å². The van der Waals surface area contributed by atoms with Gasteiger partial charge in [0.25, 0.3) is 5.56 Å². The van der Waals surface area contributed by atoms with Crippen LogP contribution < -0.4 is 16.6 Å². The van der Waals surface area contributed by atoms with E-state index in [0.29, 0.717) is 25.1 Å². The number of nitrogens with zero attached hydrogens (tertiary/aromatic N) is 2. The fourth-order valence-electron chi connectivity index (χ4n) is 2.46. The maximum Gasteiger partial charge on any atom is 0.250 e. The number of rotatable bonds is 4. The summed E-state index contributed by atoms with van der Waals surface area (Å²) in [7, 11) is 0. The Morgan fingerprint density at radius 1 is 1.40 bits per heavy atom. The summed E-state index contributed by atoms with van der Waals surface area (Å²) in [6.45, 7) is 1.03. The average Bonchev–Trinajstić information content (AvgIpc) is 2.44. The molecule has 0 aliphatic heterocycles. The highest BCUT2D eigenvalue weighted by Gasteiger charge is 2.13. The maximum absolute atomic E-state index is 11.6. The molecule has 0 atom stereocenters. The molecule has 0 spiro atoms. The lowest BCUT2D eigenvalue weighted by atomic mass is 9.96. The molecule has 0 bridgehead atoms. The highest BCUT2D eigenvalue weighted by atomic mass is 79.9. The highest BCUT2D eigenvalue weighted by Crippen LogP contribution is 2.16. The molecule has 0 radical (unpaired) electrons. The molecule has 1 aliphatic rings. The van der Waals surface area contributed by atoms with E-state index in [1.54, 1.807) is 16.8 Å². The largest absolute Gasteiger partial charge is 0.370 e. The molecule has 20 heavy (non-hydrogen) atoms. The molecule has 0 saturated heterocycles. The lowest BCUT2D eigenvalue weighted by molar-refractivity contribution is 0.412. The predicted octanol–water partition coefficient (Wildman–Crippen LogP) is 1.85. The third kappa shape index (κ3) is 4.67. The van der Waals surface area contributed by atoms with Crippen LogP contribution in [0.1, 0.15) is 32.1 Å². The number of halogens is 1. The van der Waals surface area contributed by atoms with Crippen LogP contribution in [0.4, 0.5) is 0 Å². The second-order valence-electron chi connectivity index (χ2n) is 5.13. The van der Waals surface area contributed by atoms with E-state index in [4.69, 9.17) is 5.73 Å². The molecule has 3 N–H and O–H groups in total. The Bertz CT molecular complexity index is 520. The van der Waals surface area contributed by atoms with Crippen molar-refractivity contribution >= 4 is 21.9 Å². The normalized spacial score (nSPS) is 17.1. The topological polar surface area (TPSA) is 72.4 Å². The van der Waals surface area contributed by atoms with Gasteiger partial charge >= 0.3 is 0 Å². The summed E-state index contributed by atoms with van der Waals surface area (Å²) in [6.07, 6.45) is 7.95. The minimum absolute atomic E-state index is 0.0257. The fraction of sp³-hybridized carbons (Fsp3) is 0.571. The predicted molar refractivity (Wildman–Crippen MR) is 84.9 cm³/mol. The standard InChI is InChI=1S/C14H21BrN4O/c15-11-6-7-13(20)19(10-11)9-8-17-14(16)18-12-4-2-1-3-5-12/h6-7,10,12H,1-5,8-9H2,(H3,16,17,18). The van der Waals surface area contributed by atoms with E-state index in [2.05, 4.69) is 26.2 Å². The third-order valence-electron chi connectivity index (χ3n) is 3.53. The lowest BCUT2D eigenvalue weighted by Gasteiger charge is -2.23. The third-order valence-corrected chi connectivity index (χ3v) is 4.00. The molecule has 1 aromatic rings. The Hall–Kier alpha value is -1.30. The molecular formula is C14H21BrN4O. The first kappa shape index (κ1) is 15.1. The first-order chi connectivity index (χ1) is 9.65. The van der Waals surface area contributed by atoms with Crippen molar-refractivity contribution in [3.63, 3.8) is 0 Å². The minimum atomic E-state index is -0.0257. The number of guanidine groups is 1. The maximum atomic E-state index is 11.6. The van der Waals surface area contributed by atoms with Crippen LogP contribution in [-0.4, -0.2) is 23.1 Å². The summed E-state index contributed by atoms with van der Waals surface area (Å²) in [5.41, 5.74) is 5.85. The van der Waals surface area contributed by atoms with Gasteiger partial charge in [0, 0.05) is 29.3 Å². The SMILES string of the molecule is NC(=NCCn1cc(Br)ccc1=O)NC1CCCCC1. The van der Waals surface area contributed by atoms with Gasteiger partial charge in [-0.2, -0.15) is 0 Å². The Balaban J connectivity index is 1.82. The molecule has 1 saturated carbocycles. The zero-order valence-electron chi connectivity index (χ0n) is 11.5. The van der Waals surface area contributed by atoms with Crippen molar-refractivity contribution in [3.05, 3.63) is 33.2 Å². The van der Waals surface area contributed by atoms with Crippen LogP contribution in [0.3, 0.4) is 0 Å². The number of nitrogens with one attached hydrogen (secondary N) is 1. The van der Waals surface area contributed by atoms with Gasteiger partial charge in [-0.15, -0.1) is 0 Å². The van der Waals surface area contributed by atoms with Crippen molar-refractivity contribution in [3.8, 4) is 0 Å². The molecule has 1 aliphatic carbocycles. The van der Waals surface area contributed by atoms with E-state index in [9.17, 15) is 4.79 Å². The molecule has 0 amide bonds. The quantitative estimate of drug-likeness (QED) is 0.648. The summed E-state index contributed by atoms with van der Waals surface area (Å²) in [5, 5.41) is 3.26. The fourth-order valence-corrected chi connectivity index (χ4v) is 2.84. The van der Waals surface area contributed by atoms with Crippen molar-refractivity contribution in [1.82, 2.24) is 9.88 Å². The molecule has 2 rings (SSSR count). The summed E-state index contributed by atoms with van der Waals surface area (Å²) in [5.74, 6) is 0.486. The van der Waals surface area contributed by atoms with Crippen molar-refractivity contribution in [2.45, 2.75) is 44.7 Å². The number of nitrogens with two attached hydrogens (primary N) is 1. The van der Waals surface area contributed by atoms with E-state index in [1.807, 2.05) is 0 Å². The molecule has 1 heterocycles. The second-order valence-corrected chi connectivity index (χ2v) is 6.04. The molecule has 5 nitrogen and oxygen atoms in total. The van der Waals surface area contributed by atoms with Crippen molar-refractivity contribution in [1.29, 1.82) is 0 Å². The van der Waals surface area contributed by atoms with Gasteiger partial charge in [0.15, 0.2) is 5.96 Å². The molecule has 110 valence electrons. The molecule has 1 aromatic heterocycles.